The van der Waals surface area contributed by atoms with E-state index in [9.17, 15) is 4.79 Å². The van der Waals surface area contributed by atoms with Gasteiger partial charge in [-0.05, 0) is 72.4 Å². The van der Waals surface area contributed by atoms with E-state index in [1.807, 2.05) is 0 Å². The fourth-order valence-electron chi connectivity index (χ4n) is 3.71. The van der Waals surface area contributed by atoms with E-state index in [0.717, 1.165) is 45.1 Å². The Morgan fingerprint density at radius 1 is 1.19 bits per heavy atom. The maximum absolute atomic E-state index is 12.3. The molecule has 2 fully saturated rings. The second kappa shape index (κ2) is 11.0. The molecule has 2 amide bonds. The highest BCUT2D eigenvalue weighted by Gasteiger charge is 2.27. The van der Waals surface area contributed by atoms with Gasteiger partial charge in [-0.25, -0.2) is 4.79 Å². The predicted molar refractivity (Wildman–Crippen MR) is 104 cm³/mol. The summed E-state index contributed by atoms with van der Waals surface area (Å²) in [7, 11) is 0. The largest absolute Gasteiger partial charge is 0.376 e. The van der Waals surface area contributed by atoms with Crippen molar-refractivity contribution in [1.82, 2.24) is 26.6 Å². The van der Waals surface area contributed by atoms with E-state index in [2.05, 4.69) is 47.4 Å². The van der Waals surface area contributed by atoms with Gasteiger partial charge in [0.05, 0.1) is 18.4 Å². The van der Waals surface area contributed by atoms with Crippen LogP contribution in [0.5, 0.6) is 0 Å². The molecule has 1 saturated heterocycles. The Labute approximate surface area is 157 Å². The van der Waals surface area contributed by atoms with Crippen molar-refractivity contribution in [3.8, 4) is 0 Å². The monoisotopic (exact) mass is 370 g/mol. The smallest absolute Gasteiger partial charge is 0.317 e. The van der Waals surface area contributed by atoms with Crippen LogP contribution in [0.4, 0.5) is 4.79 Å². The molecule has 0 aromatic rings. The van der Waals surface area contributed by atoms with E-state index in [0.29, 0.717) is 18.7 Å². The summed E-state index contributed by atoms with van der Waals surface area (Å²) < 4.78 is 5.87. The Hall–Kier alpha value is -0.930. The number of nitrogens with one attached hydrogen (secondary N) is 5. The molecule has 2 rings (SSSR count). The van der Waals surface area contributed by atoms with E-state index in [1.165, 1.54) is 0 Å². The second-order valence-corrected chi connectivity index (χ2v) is 7.83. The first kappa shape index (κ1) is 21.4. The molecule has 0 spiro atoms. The van der Waals surface area contributed by atoms with Crippen LogP contribution in [0, 0.1) is 0 Å². The maximum atomic E-state index is 12.3. The minimum absolute atomic E-state index is 0.127. The Morgan fingerprint density at radius 3 is 2.58 bits per heavy atom. The average molecular weight is 371 g/mol. The normalized spacial score (nSPS) is 32.4. The molecule has 3 atom stereocenters. The third-order valence-corrected chi connectivity index (χ3v) is 4.93. The van der Waals surface area contributed by atoms with Crippen molar-refractivity contribution < 1.29 is 9.53 Å². The molecule has 1 aliphatic carbocycles. The van der Waals surface area contributed by atoms with Crippen LogP contribution in [0.25, 0.3) is 0 Å². The van der Waals surface area contributed by atoms with Gasteiger partial charge in [0.1, 0.15) is 6.29 Å². The summed E-state index contributed by atoms with van der Waals surface area (Å²) in [5.74, 6) is 0. The summed E-state index contributed by atoms with van der Waals surface area (Å²) in [5.41, 5.74) is 5.54. The Bertz CT molecular complexity index is 414. The predicted octanol–water partition coefficient (Wildman–Crippen LogP) is 0.541. The number of rotatable bonds is 8. The van der Waals surface area contributed by atoms with Crippen molar-refractivity contribution in [2.24, 2.45) is 5.73 Å². The van der Waals surface area contributed by atoms with Crippen LogP contribution in [-0.2, 0) is 4.74 Å². The van der Waals surface area contributed by atoms with Gasteiger partial charge < -0.3 is 26.4 Å². The lowest BCUT2D eigenvalue weighted by atomic mass is 9.93. The minimum Gasteiger partial charge on any atom is -0.376 e. The van der Waals surface area contributed by atoms with E-state index in [4.69, 9.17) is 10.5 Å². The zero-order valence-electron chi connectivity index (χ0n) is 16.5. The Kier molecular flexibility index (Phi) is 9.07. The molecule has 1 saturated carbocycles. The van der Waals surface area contributed by atoms with E-state index in [-0.39, 0.29) is 30.6 Å². The molecule has 8 nitrogen and oxygen atoms in total. The van der Waals surface area contributed by atoms with Crippen LogP contribution in [0.15, 0.2) is 0 Å². The van der Waals surface area contributed by atoms with Crippen LogP contribution < -0.4 is 32.3 Å². The van der Waals surface area contributed by atoms with Gasteiger partial charge >= 0.3 is 6.03 Å². The van der Waals surface area contributed by atoms with E-state index >= 15 is 0 Å². The molecule has 0 aromatic carbocycles. The van der Waals surface area contributed by atoms with Crippen molar-refractivity contribution in [2.45, 2.75) is 96.0 Å². The first-order valence-electron chi connectivity index (χ1n) is 10.1. The van der Waals surface area contributed by atoms with Crippen LogP contribution in [0.3, 0.4) is 0 Å². The standard InChI is InChI=1S/C18H38N6O2/c1-12(2)26-15-7-5-14(6-8-15)22-18(25)24-17-21-13(3)11-16(23-17)20-10-4-9-19/h12-17,20-21,23H,4-11,19H2,1-3H3,(H2,22,24,25). The SMILES string of the molecule is CC1CC(NCCCN)NC(NC(=O)NC2CCC(OC(C)C)CC2)N1. The summed E-state index contributed by atoms with van der Waals surface area (Å²) in [6.45, 7) is 7.83. The van der Waals surface area contributed by atoms with Gasteiger partial charge in [0.2, 0.25) is 0 Å². The number of hydrogen-bond donors (Lipinski definition) is 6. The lowest BCUT2D eigenvalue weighted by molar-refractivity contribution is -0.0156. The fraction of sp³-hybridized carbons (Fsp3) is 0.944. The highest BCUT2D eigenvalue weighted by molar-refractivity contribution is 5.74. The average Bonchev–Trinajstić information content (AvgIpc) is 2.56. The molecular weight excluding hydrogens is 332 g/mol. The van der Waals surface area contributed by atoms with E-state index in [1.54, 1.807) is 0 Å². The van der Waals surface area contributed by atoms with Crippen LogP contribution >= 0.6 is 0 Å². The molecule has 152 valence electrons. The molecule has 0 aromatic heterocycles. The molecule has 26 heavy (non-hydrogen) atoms. The maximum Gasteiger partial charge on any atom is 0.317 e. The minimum atomic E-state index is -0.241. The first-order chi connectivity index (χ1) is 12.5. The van der Waals surface area contributed by atoms with Crippen molar-refractivity contribution in [3.63, 3.8) is 0 Å². The van der Waals surface area contributed by atoms with Crippen LogP contribution in [-0.4, -0.2) is 55.9 Å². The highest BCUT2D eigenvalue weighted by atomic mass is 16.5. The molecular formula is C18H38N6O2. The number of ether oxygens (including phenoxy) is 1. The molecule has 3 unspecified atom stereocenters. The molecule has 8 heteroatoms. The van der Waals surface area contributed by atoms with Gasteiger partial charge in [-0.1, -0.05) is 0 Å². The van der Waals surface area contributed by atoms with Gasteiger partial charge in [0, 0.05) is 12.1 Å². The number of nitrogens with two attached hydrogens (primary N) is 1. The van der Waals surface area contributed by atoms with Crippen molar-refractivity contribution >= 4 is 6.03 Å². The number of carbonyl (C=O) groups is 1. The van der Waals surface area contributed by atoms with Crippen LogP contribution in [0.1, 0.15) is 59.3 Å². The van der Waals surface area contributed by atoms with Crippen molar-refractivity contribution in [3.05, 3.63) is 0 Å². The summed E-state index contributed by atoms with van der Waals surface area (Å²) >= 11 is 0. The van der Waals surface area contributed by atoms with Gasteiger partial charge in [-0.2, -0.15) is 0 Å². The molecule has 0 bridgehead atoms. The van der Waals surface area contributed by atoms with Gasteiger partial charge in [-0.15, -0.1) is 0 Å². The summed E-state index contributed by atoms with van der Waals surface area (Å²) in [6, 6.07) is 0.417. The van der Waals surface area contributed by atoms with Crippen molar-refractivity contribution in [2.75, 3.05) is 13.1 Å². The second-order valence-electron chi connectivity index (χ2n) is 7.83. The quantitative estimate of drug-likeness (QED) is 0.348. The molecule has 7 N–H and O–H groups in total. The lowest BCUT2D eigenvalue weighted by Gasteiger charge is -2.37. The number of hydrogen-bond acceptors (Lipinski definition) is 6. The molecule has 2 aliphatic rings. The molecule has 0 radical (unpaired) electrons. The zero-order chi connectivity index (χ0) is 18.9. The van der Waals surface area contributed by atoms with Gasteiger partial charge in [-0.3, -0.25) is 10.6 Å². The summed E-state index contributed by atoms with van der Waals surface area (Å²) in [6.07, 6.45) is 6.39. The van der Waals surface area contributed by atoms with Crippen LogP contribution in [0.2, 0.25) is 0 Å². The summed E-state index contributed by atoms with van der Waals surface area (Å²) in [4.78, 5) is 12.3. The van der Waals surface area contributed by atoms with Crippen molar-refractivity contribution in [1.29, 1.82) is 0 Å². The van der Waals surface area contributed by atoms with Gasteiger partial charge in [0.15, 0.2) is 0 Å². The molecule has 1 heterocycles. The fourth-order valence-corrected chi connectivity index (χ4v) is 3.71. The third kappa shape index (κ3) is 7.75. The third-order valence-electron chi connectivity index (χ3n) is 4.93. The number of amides is 2. The number of urea groups is 1. The lowest BCUT2D eigenvalue weighted by Crippen LogP contribution is -2.68. The number of carbonyl (C=O) groups excluding carboxylic acids is 1. The van der Waals surface area contributed by atoms with E-state index < -0.39 is 0 Å². The zero-order valence-corrected chi connectivity index (χ0v) is 16.5. The Balaban J connectivity index is 1.68. The van der Waals surface area contributed by atoms with Gasteiger partial charge in [0.25, 0.3) is 0 Å². The first-order valence-corrected chi connectivity index (χ1v) is 10.1. The highest BCUT2D eigenvalue weighted by Crippen LogP contribution is 2.22. The topological polar surface area (TPSA) is 112 Å². The summed E-state index contributed by atoms with van der Waals surface area (Å²) in [5, 5.41) is 16.3. The molecule has 1 aliphatic heterocycles. The Morgan fingerprint density at radius 2 is 1.92 bits per heavy atom.